The number of nitrogens with zero attached hydrogens (tertiary/aromatic N) is 5. The van der Waals surface area contributed by atoms with Crippen LogP contribution in [0.25, 0.3) is 22.4 Å². The van der Waals surface area contributed by atoms with Gasteiger partial charge in [0.25, 0.3) is 0 Å². The van der Waals surface area contributed by atoms with Crippen LogP contribution in [-0.2, 0) is 11.2 Å². The first-order valence-corrected chi connectivity index (χ1v) is 10.6. The fourth-order valence-electron chi connectivity index (χ4n) is 5.49. The van der Waals surface area contributed by atoms with Crippen molar-refractivity contribution in [2.45, 2.75) is 38.5 Å². The molecule has 0 aliphatic carbocycles. The molecule has 1 fully saturated rings. The summed E-state index contributed by atoms with van der Waals surface area (Å²) >= 11 is 0. The van der Waals surface area contributed by atoms with E-state index in [1.807, 2.05) is 32.3 Å². The largest absolute Gasteiger partial charge is 0.372 e. The van der Waals surface area contributed by atoms with Crippen LogP contribution in [-0.4, -0.2) is 59.0 Å². The number of aromatic nitrogens is 3. The highest BCUT2D eigenvalue weighted by Gasteiger charge is 2.52. The molecule has 0 unspecified atom stereocenters. The lowest BCUT2D eigenvalue weighted by Gasteiger charge is -2.54. The summed E-state index contributed by atoms with van der Waals surface area (Å²) in [5.74, 6) is -0.460. The van der Waals surface area contributed by atoms with Crippen LogP contribution < -0.4 is 10.6 Å². The lowest BCUT2D eigenvalue weighted by Crippen LogP contribution is -2.65. The van der Waals surface area contributed by atoms with Gasteiger partial charge in [0.15, 0.2) is 5.82 Å². The Balaban J connectivity index is 1.59. The van der Waals surface area contributed by atoms with E-state index in [-0.39, 0.29) is 23.8 Å². The van der Waals surface area contributed by atoms with Crippen LogP contribution in [0.1, 0.15) is 19.4 Å². The van der Waals surface area contributed by atoms with Gasteiger partial charge < -0.3 is 19.1 Å². The Morgan fingerprint density at radius 2 is 2.09 bits per heavy atom. The molecule has 32 heavy (non-hydrogen) atoms. The zero-order valence-corrected chi connectivity index (χ0v) is 17.6. The number of ether oxygens (including phenoxy) is 1. The minimum Gasteiger partial charge on any atom is -0.372 e. The number of hydrogen-bond donors (Lipinski definition) is 1. The molecule has 3 aromatic rings. The van der Waals surface area contributed by atoms with Gasteiger partial charge in [-0.2, -0.15) is 0 Å². The lowest BCUT2D eigenvalue weighted by molar-refractivity contribution is -0.0432. The highest BCUT2D eigenvalue weighted by atomic mass is 19.1. The Labute approximate surface area is 182 Å². The van der Waals surface area contributed by atoms with E-state index >= 15 is 4.39 Å². The van der Waals surface area contributed by atoms with E-state index < -0.39 is 16.9 Å². The molecule has 0 bridgehead atoms. The number of aliphatic imine (C=N–C) groups is 2. The molecule has 10 heteroatoms. The molecule has 0 saturated carbocycles. The van der Waals surface area contributed by atoms with E-state index in [0.717, 1.165) is 5.56 Å². The second kappa shape index (κ2) is 6.80. The summed E-state index contributed by atoms with van der Waals surface area (Å²) in [6.45, 7) is 4.93. The van der Waals surface area contributed by atoms with Gasteiger partial charge in [0.05, 0.1) is 40.4 Å². The number of morpholine rings is 1. The van der Waals surface area contributed by atoms with Gasteiger partial charge in [-0.3, -0.25) is 9.98 Å². The molecule has 3 atom stereocenters. The summed E-state index contributed by atoms with van der Waals surface area (Å²) in [7, 11) is 0. The van der Waals surface area contributed by atoms with E-state index in [1.54, 1.807) is 6.07 Å². The fraction of sp³-hybridized carbons (Fsp3) is 0.409. The maximum absolute atomic E-state index is 16.0. The molecule has 0 radical (unpaired) electrons. The SMILES string of the molecule is C[C@@H]1CN2c3c(cc4c(-c5ccnc(=O)[nH]5)noc4c3F)CC3(C=NCN=C3)[C@H]2[C@H](C)O1. The van der Waals surface area contributed by atoms with Crippen molar-refractivity contribution in [2.24, 2.45) is 15.4 Å². The molecule has 164 valence electrons. The highest BCUT2D eigenvalue weighted by Crippen LogP contribution is 2.48. The number of halogens is 1. The van der Waals surface area contributed by atoms with Gasteiger partial charge in [0, 0.05) is 25.2 Å². The van der Waals surface area contributed by atoms with E-state index in [4.69, 9.17) is 9.26 Å². The number of fused-ring (bicyclic) bond motifs is 5. The molecular weight excluding hydrogens is 415 g/mol. The van der Waals surface area contributed by atoms with Crippen LogP contribution in [0.4, 0.5) is 10.1 Å². The molecule has 9 nitrogen and oxygen atoms in total. The summed E-state index contributed by atoms with van der Waals surface area (Å²) in [5.41, 5.74) is 1.15. The van der Waals surface area contributed by atoms with Crippen molar-refractivity contribution in [2.75, 3.05) is 18.1 Å². The number of nitrogens with one attached hydrogen (secondary N) is 1. The van der Waals surface area contributed by atoms with Crippen molar-refractivity contribution >= 4 is 29.1 Å². The number of rotatable bonds is 1. The molecule has 1 aromatic carbocycles. The van der Waals surface area contributed by atoms with Crippen molar-refractivity contribution in [3.05, 3.63) is 40.2 Å². The van der Waals surface area contributed by atoms with Crippen LogP contribution in [0, 0.1) is 11.2 Å². The predicted octanol–water partition coefficient (Wildman–Crippen LogP) is 2.35. The smallest absolute Gasteiger partial charge is 0.345 e. The predicted molar refractivity (Wildman–Crippen MR) is 117 cm³/mol. The van der Waals surface area contributed by atoms with Crippen LogP contribution >= 0.6 is 0 Å². The van der Waals surface area contributed by atoms with Crippen molar-refractivity contribution in [1.29, 1.82) is 0 Å². The lowest BCUT2D eigenvalue weighted by atomic mass is 9.69. The van der Waals surface area contributed by atoms with E-state index in [1.165, 1.54) is 6.20 Å². The Morgan fingerprint density at radius 3 is 2.88 bits per heavy atom. The number of benzene rings is 1. The van der Waals surface area contributed by atoms with Crippen LogP contribution in [0.2, 0.25) is 0 Å². The van der Waals surface area contributed by atoms with Crippen molar-refractivity contribution < 1.29 is 13.7 Å². The Morgan fingerprint density at radius 1 is 1.28 bits per heavy atom. The third kappa shape index (κ3) is 2.68. The number of aromatic amines is 1. The van der Waals surface area contributed by atoms with Crippen LogP contribution in [0.5, 0.6) is 0 Å². The maximum Gasteiger partial charge on any atom is 0.345 e. The number of H-pyrrole nitrogens is 1. The highest BCUT2D eigenvalue weighted by molar-refractivity contribution is 5.98. The summed E-state index contributed by atoms with van der Waals surface area (Å²) in [6, 6.07) is 3.36. The van der Waals surface area contributed by atoms with Gasteiger partial charge in [0.2, 0.25) is 5.58 Å². The van der Waals surface area contributed by atoms with Crippen molar-refractivity contribution in [3.8, 4) is 11.4 Å². The average molecular weight is 436 g/mol. The molecular formula is C22H21FN6O3. The quantitative estimate of drug-likeness (QED) is 0.627. The van der Waals surface area contributed by atoms with Gasteiger partial charge in [-0.25, -0.2) is 14.2 Å². The number of hydrogen-bond acceptors (Lipinski definition) is 8. The third-order valence-electron chi connectivity index (χ3n) is 6.53. The average Bonchev–Trinajstić information content (AvgIpc) is 3.18. The molecule has 5 heterocycles. The van der Waals surface area contributed by atoms with E-state index in [2.05, 4.69) is 30.0 Å². The second-order valence-electron chi connectivity index (χ2n) is 8.70. The molecule has 3 aliphatic rings. The Bertz CT molecular complexity index is 1330. The van der Waals surface area contributed by atoms with E-state index in [0.29, 0.717) is 42.1 Å². The molecule has 3 aliphatic heterocycles. The van der Waals surface area contributed by atoms with E-state index in [9.17, 15) is 4.79 Å². The normalized spacial score (nSPS) is 25.8. The standard InChI is InChI=1S/C22H21FN6O3/c1-11-7-29-18-13(6-22(8-24-10-25-9-22)20(29)12(2)31-11)5-14-17(28-32-19(14)16(18)23)15-3-4-26-21(30)27-15/h3-5,8-9,11-12,20H,6-7,10H2,1-2H3,(H,26,27,30)/t11-,12+,20-/m1/s1. The minimum atomic E-state index is -0.509. The van der Waals surface area contributed by atoms with Gasteiger partial charge in [0.1, 0.15) is 12.4 Å². The summed E-state index contributed by atoms with van der Waals surface area (Å²) in [6.07, 6.45) is 5.56. The zero-order valence-electron chi connectivity index (χ0n) is 17.6. The Kier molecular flexibility index (Phi) is 4.10. The fourth-order valence-corrected chi connectivity index (χ4v) is 5.49. The van der Waals surface area contributed by atoms with Gasteiger partial charge in [-0.1, -0.05) is 5.16 Å². The maximum atomic E-state index is 16.0. The minimum absolute atomic E-state index is 0.0592. The topological polar surface area (TPSA) is 109 Å². The second-order valence-corrected chi connectivity index (χ2v) is 8.70. The zero-order chi connectivity index (χ0) is 22.0. The van der Waals surface area contributed by atoms with Crippen molar-refractivity contribution in [1.82, 2.24) is 15.1 Å². The van der Waals surface area contributed by atoms with Crippen LogP contribution in [0.3, 0.4) is 0 Å². The Hall–Kier alpha value is -3.40. The molecule has 1 N–H and O–H groups in total. The molecule has 2 aromatic heterocycles. The van der Waals surface area contributed by atoms with Gasteiger partial charge in [-0.15, -0.1) is 0 Å². The third-order valence-corrected chi connectivity index (χ3v) is 6.53. The van der Waals surface area contributed by atoms with Gasteiger partial charge in [-0.05, 0) is 38.0 Å². The summed E-state index contributed by atoms with van der Waals surface area (Å²) in [5, 5.41) is 4.56. The summed E-state index contributed by atoms with van der Waals surface area (Å²) < 4.78 is 27.5. The first kappa shape index (κ1) is 19.3. The summed E-state index contributed by atoms with van der Waals surface area (Å²) in [4.78, 5) is 28.9. The first-order chi connectivity index (χ1) is 15.5. The molecule has 1 saturated heterocycles. The van der Waals surface area contributed by atoms with Crippen LogP contribution in [0.15, 0.2) is 37.6 Å². The monoisotopic (exact) mass is 436 g/mol. The first-order valence-electron chi connectivity index (χ1n) is 10.6. The molecule has 6 rings (SSSR count). The van der Waals surface area contributed by atoms with Crippen molar-refractivity contribution in [3.63, 3.8) is 0 Å². The molecule has 1 spiro atoms. The van der Waals surface area contributed by atoms with Gasteiger partial charge >= 0.3 is 5.69 Å². The number of anilines is 1. The molecule has 0 amide bonds.